The second-order valence-corrected chi connectivity index (χ2v) is 10.6. The van der Waals surface area contributed by atoms with E-state index in [9.17, 15) is 4.79 Å². The summed E-state index contributed by atoms with van der Waals surface area (Å²) in [4.78, 5) is 26.3. The van der Waals surface area contributed by atoms with E-state index in [0.717, 1.165) is 62.0 Å². The summed E-state index contributed by atoms with van der Waals surface area (Å²) < 4.78 is 7.73. The van der Waals surface area contributed by atoms with Gasteiger partial charge in [0.15, 0.2) is 0 Å². The normalized spacial score (nSPS) is 19.4. The van der Waals surface area contributed by atoms with Gasteiger partial charge in [-0.05, 0) is 48.9 Å². The van der Waals surface area contributed by atoms with Gasteiger partial charge in [0.25, 0.3) is 5.91 Å². The highest BCUT2D eigenvalue weighted by atomic mass is 16.5. The molecule has 0 aliphatic carbocycles. The Morgan fingerprint density at radius 1 is 1.03 bits per heavy atom. The third-order valence-corrected chi connectivity index (χ3v) is 8.28. The summed E-state index contributed by atoms with van der Waals surface area (Å²) in [6.45, 7) is 10.5. The highest BCUT2D eigenvalue weighted by Crippen LogP contribution is 2.35. The fraction of sp³-hybridized carbons (Fsp3) is 0.500. The number of hydrogen-bond acceptors (Lipinski definition) is 6. The van der Waals surface area contributed by atoms with Crippen molar-refractivity contribution < 1.29 is 9.53 Å². The van der Waals surface area contributed by atoms with Gasteiger partial charge in [-0.3, -0.25) is 9.69 Å². The molecular weight excluding hydrogens is 452 g/mol. The van der Waals surface area contributed by atoms with E-state index >= 15 is 0 Å². The highest BCUT2D eigenvalue weighted by Gasteiger charge is 2.31. The molecule has 1 aromatic carbocycles. The van der Waals surface area contributed by atoms with E-state index in [1.165, 1.54) is 36.3 Å². The summed E-state index contributed by atoms with van der Waals surface area (Å²) in [6, 6.07) is 6.42. The average molecular weight is 489 g/mol. The standard InChI is InChI=1S/C28H36N6O2/c1-20-14-26-29-6-9-34(26)19-24(20)33-7-4-21(5-8-33)17-31-10-12-32(13-11-31)23-15-22-18-30(2)28(35)27(22)25(16-23)36-3/h6,9,14-16,19,21H,4-5,7-8,10-13,17-18H2,1-3H3. The topological polar surface area (TPSA) is 56.6 Å². The molecule has 6 rings (SSSR count). The van der Waals surface area contributed by atoms with Crippen molar-refractivity contribution in [3.8, 4) is 5.75 Å². The van der Waals surface area contributed by atoms with E-state index < -0.39 is 0 Å². The van der Waals surface area contributed by atoms with Gasteiger partial charge in [-0.2, -0.15) is 0 Å². The van der Waals surface area contributed by atoms with Gasteiger partial charge in [0.2, 0.25) is 0 Å². The molecule has 0 unspecified atom stereocenters. The van der Waals surface area contributed by atoms with Crippen LogP contribution in [0.4, 0.5) is 11.4 Å². The molecule has 36 heavy (non-hydrogen) atoms. The Morgan fingerprint density at radius 3 is 2.56 bits per heavy atom. The lowest BCUT2D eigenvalue weighted by Gasteiger charge is -2.40. The minimum absolute atomic E-state index is 0.0571. The van der Waals surface area contributed by atoms with Gasteiger partial charge in [-0.1, -0.05) is 0 Å². The molecule has 3 aromatic rings. The first-order chi connectivity index (χ1) is 17.5. The number of amides is 1. The Labute approximate surface area is 213 Å². The maximum Gasteiger partial charge on any atom is 0.258 e. The molecule has 2 saturated heterocycles. The first kappa shape index (κ1) is 23.2. The first-order valence-corrected chi connectivity index (χ1v) is 13.1. The van der Waals surface area contributed by atoms with Gasteiger partial charge in [0.1, 0.15) is 11.4 Å². The van der Waals surface area contributed by atoms with Crippen LogP contribution in [-0.4, -0.2) is 85.1 Å². The largest absolute Gasteiger partial charge is 0.496 e. The predicted octanol–water partition coefficient (Wildman–Crippen LogP) is 3.28. The number of pyridine rings is 1. The molecule has 190 valence electrons. The monoisotopic (exact) mass is 488 g/mol. The van der Waals surface area contributed by atoms with E-state index in [1.807, 2.05) is 25.5 Å². The van der Waals surface area contributed by atoms with Crippen LogP contribution in [-0.2, 0) is 6.54 Å². The quantitative estimate of drug-likeness (QED) is 0.550. The van der Waals surface area contributed by atoms with Crippen molar-refractivity contribution in [2.24, 2.45) is 5.92 Å². The minimum atomic E-state index is 0.0571. The molecule has 2 fully saturated rings. The fourth-order valence-electron chi connectivity index (χ4n) is 6.17. The third kappa shape index (κ3) is 4.17. The Bertz CT molecular complexity index is 1270. The number of nitrogens with zero attached hydrogens (tertiary/aromatic N) is 6. The van der Waals surface area contributed by atoms with Crippen LogP contribution >= 0.6 is 0 Å². The van der Waals surface area contributed by atoms with Crippen LogP contribution in [0.5, 0.6) is 5.75 Å². The number of methoxy groups -OCH3 is 1. The van der Waals surface area contributed by atoms with Gasteiger partial charge in [0, 0.05) is 89.8 Å². The molecule has 8 heteroatoms. The first-order valence-electron chi connectivity index (χ1n) is 13.1. The molecule has 3 aliphatic rings. The molecule has 0 bridgehead atoms. The minimum Gasteiger partial charge on any atom is -0.496 e. The zero-order chi connectivity index (χ0) is 24.8. The molecule has 3 aliphatic heterocycles. The lowest BCUT2D eigenvalue weighted by molar-refractivity contribution is 0.0814. The number of aryl methyl sites for hydroxylation is 1. The van der Waals surface area contributed by atoms with Crippen molar-refractivity contribution in [3.63, 3.8) is 0 Å². The highest BCUT2D eigenvalue weighted by molar-refractivity contribution is 6.01. The van der Waals surface area contributed by atoms with E-state index in [0.29, 0.717) is 12.3 Å². The number of hydrogen-bond donors (Lipinski definition) is 0. The van der Waals surface area contributed by atoms with E-state index in [2.05, 4.69) is 49.3 Å². The molecular formula is C28H36N6O2. The van der Waals surface area contributed by atoms with Crippen molar-refractivity contribution in [2.75, 3.05) is 69.8 Å². The molecule has 0 N–H and O–H groups in total. The smallest absolute Gasteiger partial charge is 0.258 e. The molecule has 1 amide bonds. The summed E-state index contributed by atoms with van der Waals surface area (Å²) in [5, 5.41) is 0. The van der Waals surface area contributed by atoms with Crippen LogP contribution in [0.15, 0.2) is 36.8 Å². The number of ether oxygens (including phenoxy) is 1. The molecule has 0 radical (unpaired) electrons. The lowest BCUT2D eigenvalue weighted by atomic mass is 9.95. The third-order valence-electron chi connectivity index (χ3n) is 8.28. The number of anilines is 2. The molecule has 5 heterocycles. The van der Waals surface area contributed by atoms with Crippen molar-refractivity contribution in [1.82, 2.24) is 19.2 Å². The Hall–Kier alpha value is -3.26. The van der Waals surface area contributed by atoms with Crippen LogP contribution in [0.3, 0.4) is 0 Å². The number of carbonyl (C=O) groups is 1. The number of benzene rings is 1. The maximum atomic E-state index is 12.5. The lowest BCUT2D eigenvalue weighted by Crippen LogP contribution is -2.49. The molecule has 0 atom stereocenters. The number of piperidine rings is 1. The van der Waals surface area contributed by atoms with Crippen molar-refractivity contribution in [2.45, 2.75) is 26.3 Å². The molecule has 0 spiro atoms. The maximum absolute atomic E-state index is 12.5. The number of imidazole rings is 1. The average Bonchev–Trinajstić information content (AvgIpc) is 3.47. The van der Waals surface area contributed by atoms with Crippen LogP contribution in [0.1, 0.15) is 34.3 Å². The summed E-state index contributed by atoms with van der Waals surface area (Å²) in [6.07, 6.45) is 8.61. The van der Waals surface area contributed by atoms with Crippen molar-refractivity contribution in [1.29, 1.82) is 0 Å². The Kier molecular flexibility index (Phi) is 5.99. The van der Waals surface area contributed by atoms with Crippen LogP contribution in [0, 0.1) is 12.8 Å². The van der Waals surface area contributed by atoms with E-state index in [-0.39, 0.29) is 5.91 Å². The predicted molar refractivity (Wildman–Crippen MR) is 142 cm³/mol. The van der Waals surface area contributed by atoms with Gasteiger partial charge >= 0.3 is 0 Å². The SMILES string of the molecule is COc1cc(N2CCN(CC3CCN(c4cn5ccnc5cc4C)CC3)CC2)cc2c1C(=O)N(C)C2. The summed E-state index contributed by atoms with van der Waals surface area (Å²) in [5.74, 6) is 1.52. The fourth-order valence-corrected chi connectivity index (χ4v) is 6.17. The van der Waals surface area contributed by atoms with Gasteiger partial charge < -0.3 is 23.8 Å². The summed E-state index contributed by atoms with van der Waals surface area (Å²) in [7, 11) is 3.51. The molecule has 8 nitrogen and oxygen atoms in total. The Morgan fingerprint density at radius 2 is 1.81 bits per heavy atom. The van der Waals surface area contributed by atoms with E-state index in [1.54, 1.807) is 12.0 Å². The van der Waals surface area contributed by atoms with Gasteiger partial charge in [0.05, 0.1) is 18.4 Å². The summed E-state index contributed by atoms with van der Waals surface area (Å²) >= 11 is 0. The number of fused-ring (bicyclic) bond motifs is 2. The number of carbonyl (C=O) groups excluding carboxylic acids is 1. The molecule has 0 saturated carbocycles. The number of piperazine rings is 1. The van der Waals surface area contributed by atoms with Gasteiger partial charge in [-0.25, -0.2) is 4.98 Å². The summed E-state index contributed by atoms with van der Waals surface area (Å²) in [5.41, 5.74) is 6.64. The molecule has 2 aromatic heterocycles. The van der Waals surface area contributed by atoms with Crippen LogP contribution in [0.2, 0.25) is 0 Å². The zero-order valence-electron chi connectivity index (χ0n) is 21.6. The zero-order valence-corrected chi connectivity index (χ0v) is 21.6. The van der Waals surface area contributed by atoms with E-state index in [4.69, 9.17) is 4.74 Å². The van der Waals surface area contributed by atoms with Crippen molar-refractivity contribution in [3.05, 3.63) is 53.5 Å². The van der Waals surface area contributed by atoms with Crippen molar-refractivity contribution >= 4 is 22.9 Å². The van der Waals surface area contributed by atoms with Gasteiger partial charge in [-0.15, -0.1) is 0 Å². The number of aromatic nitrogens is 2. The van der Waals surface area contributed by atoms with Crippen LogP contribution < -0.4 is 14.5 Å². The second-order valence-electron chi connectivity index (χ2n) is 10.6. The Balaban J connectivity index is 1.03. The second kappa shape index (κ2) is 9.32. The van der Waals surface area contributed by atoms with Crippen LogP contribution in [0.25, 0.3) is 5.65 Å². The number of rotatable bonds is 5.